The van der Waals surface area contributed by atoms with E-state index in [2.05, 4.69) is 16.5 Å². The van der Waals surface area contributed by atoms with E-state index in [1.165, 1.54) is 24.2 Å². The van der Waals surface area contributed by atoms with E-state index in [9.17, 15) is 4.79 Å². The summed E-state index contributed by atoms with van der Waals surface area (Å²) < 4.78 is 1.95. The molecule has 6 heteroatoms. The molecule has 1 atom stereocenters. The van der Waals surface area contributed by atoms with Gasteiger partial charge in [-0.25, -0.2) is 4.68 Å². The second kappa shape index (κ2) is 4.70. The van der Waals surface area contributed by atoms with Crippen molar-refractivity contribution in [3.63, 3.8) is 0 Å². The van der Waals surface area contributed by atoms with E-state index in [1.54, 1.807) is 0 Å². The molecule has 2 aromatic rings. The Kier molecular flexibility index (Phi) is 2.84. The minimum atomic E-state index is 0.144. The topological polar surface area (TPSA) is 51.0 Å². The summed E-state index contributed by atoms with van der Waals surface area (Å²) in [6, 6.07) is 4.09. The highest BCUT2D eigenvalue weighted by Crippen LogP contribution is 2.39. The molecule has 1 unspecified atom stereocenters. The number of amides is 1. The monoisotopic (exact) mass is 288 g/mol. The summed E-state index contributed by atoms with van der Waals surface area (Å²) >= 11 is 1.51. The Bertz CT molecular complexity index is 617. The van der Waals surface area contributed by atoms with Gasteiger partial charge >= 0.3 is 0 Å². The van der Waals surface area contributed by atoms with Crippen molar-refractivity contribution in [3.8, 4) is 0 Å². The predicted molar refractivity (Wildman–Crippen MR) is 75.9 cm³/mol. The van der Waals surface area contributed by atoms with Gasteiger partial charge in [-0.05, 0) is 30.7 Å². The molecular formula is C14H16N4OS. The largest absolute Gasteiger partial charge is 0.336 e. The third-order valence-corrected chi connectivity index (χ3v) is 4.94. The number of carbonyl (C=O) groups excluding carboxylic acids is 1. The normalized spacial score (nSPS) is 22.4. The zero-order valence-corrected chi connectivity index (χ0v) is 11.9. The second-order valence-corrected chi connectivity index (χ2v) is 6.52. The van der Waals surface area contributed by atoms with Crippen molar-refractivity contribution in [3.05, 3.63) is 34.3 Å². The molecule has 1 saturated carbocycles. The van der Waals surface area contributed by atoms with Crippen molar-refractivity contribution >= 4 is 17.2 Å². The van der Waals surface area contributed by atoms with Crippen LogP contribution in [0.2, 0.25) is 0 Å². The number of aromatic nitrogens is 3. The van der Waals surface area contributed by atoms with Gasteiger partial charge in [-0.15, -0.1) is 16.4 Å². The van der Waals surface area contributed by atoms with Gasteiger partial charge in [0, 0.05) is 25.2 Å². The van der Waals surface area contributed by atoms with Gasteiger partial charge in [0.05, 0.1) is 16.6 Å². The van der Waals surface area contributed by atoms with Gasteiger partial charge in [-0.2, -0.15) is 0 Å². The van der Waals surface area contributed by atoms with E-state index < -0.39 is 0 Å². The molecule has 1 saturated heterocycles. The first-order valence-corrected chi connectivity index (χ1v) is 7.94. The maximum absolute atomic E-state index is 12.3. The lowest BCUT2D eigenvalue weighted by Gasteiger charge is -2.15. The Labute approximate surface area is 121 Å². The summed E-state index contributed by atoms with van der Waals surface area (Å²) in [7, 11) is 0. The first kappa shape index (κ1) is 12.1. The van der Waals surface area contributed by atoms with Crippen LogP contribution in [0.5, 0.6) is 0 Å². The highest BCUT2D eigenvalue weighted by atomic mass is 32.1. The van der Waals surface area contributed by atoms with E-state index in [1.807, 2.05) is 27.1 Å². The van der Waals surface area contributed by atoms with Crippen LogP contribution >= 0.6 is 11.3 Å². The lowest BCUT2D eigenvalue weighted by atomic mass is 10.2. The Morgan fingerprint density at radius 2 is 2.25 bits per heavy atom. The molecule has 2 fully saturated rings. The summed E-state index contributed by atoms with van der Waals surface area (Å²) in [5, 5.41) is 10.4. The maximum atomic E-state index is 12.3. The van der Waals surface area contributed by atoms with Gasteiger partial charge in [0.2, 0.25) is 0 Å². The summed E-state index contributed by atoms with van der Waals surface area (Å²) in [6.45, 7) is 1.55. The molecule has 2 aliphatic rings. The molecule has 0 radical (unpaired) electrons. The van der Waals surface area contributed by atoms with Gasteiger partial charge in [0.25, 0.3) is 5.91 Å². The van der Waals surface area contributed by atoms with Crippen molar-refractivity contribution in [2.45, 2.75) is 31.2 Å². The number of hydrogen-bond acceptors (Lipinski definition) is 4. The first-order valence-electron chi connectivity index (χ1n) is 7.06. The SMILES string of the molecule is O=C(c1cccs1)N1CCC(n2cc(C3CC3)nn2)C1. The molecule has 3 heterocycles. The number of likely N-dealkylation sites (tertiary alicyclic amines) is 1. The summed E-state index contributed by atoms with van der Waals surface area (Å²) in [5.41, 5.74) is 1.12. The molecule has 4 rings (SSSR count). The maximum Gasteiger partial charge on any atom is 0.263 e. The molecule has 1 aliphatic carbocycles. The first-order chi connectivity index (χ1) is 9.81. The average molecular weight is 288 g/mol. The number of rotatable bonds is 3. The van der Waals surface area contributed by atoms with Crippen LogP contribution in [0.1, 0.15) is 46.6 Å². The van der Waals surface area contributed by atoms with E-state index in [-0.39, 0.29) is 11.9 Å². The quantitative estimate of drug-likeness (QED) is 0.871. The molecule has 1 aliphatic heterocycles. The third kappa shape index (κ3) is 2.14. The van der Waals surface area contributed by atoms with Crippen molar-refractivity contribution in [1.82, 2.24) is 19.9 Å². The van der Waals surface area contributed by atoms with E-state index in [4.69, 9.17) is 0 Å². The number of carbonyl (C=O) groups is 1. The molecule has 0 spiro atoms. The van der Waals surface area contributed by atoms with Crippen LogP contribution in [-0.4, -0.2) is 38.9 Å². The Morgan fingerprint density at radius 1 is 1.35 bits per heavy atom. The smallest absolute Gasteiger partial charge is 0.263 e. The average Bonchev–Trinajstić information content (AvgIpc) is 2.98. The van der Waals surface area contributed by atoms with Gasteiger partial charge in [-0.3, -0.25) is 4.79 Å². The lowest BCUT2D eigenvalue weighted by Crippen LogP contribution is -2.28. The van der Waals surface area contributed by atoms with Gasteiger partial charge < -0.3 is 4.90 Å². The van der Waals surface area contributed by atoms with Gasteiger partial charge in [0.15, 0.2) is 0 Å². The van der Waals surface area contributed by atoms with Crippen LogP contribution < -0.4 is 0 Å². The fourth-order valence-corrected chi connectivity index (χ4v) is 3.42. The third-order valence-electron chi connectivity index (χ3n) is 4.08. The molecule has 0 aromatic carbocycles. The van der Waals surface area contributed by atoms with Crippen LogP contribution in [0.4, 0.5) is 0 Å². The molecule has 0 bridgehead atoms. The predicted octanol–water partition coefficient (Wildman–Crippen LogP) is 2.30. The van der Waals surface area contributed by atoms with Crippen LogP contribution in [0.3, 0.4) is 0 Å². The molecule has 104 valence electrons. The summed E-state index contributed by atoms with van der Waals surface area (Å²) in [5.74, 6) is 0.777. The minimum absolute atomic E-state index is 0.144. The van der Waals surface area contributed by atoms with Gasteiger partial charge in [-0.1, -0.05) is 11.3 Å². The fourth-order valence-electron chi connectivity index (χ4n) is 2.73. The van der Waals surface area contributed by atoms with Crippen molar-refractivity contribution in [1.29, 1.82) is 0 Å². The number of hydrogen-bond donors (Lipinski definition) is 0. The molecule has 2 aromatic heterocycles. The number of thiophene rings is 1. The van der Waals surface area contributed by atoms with Crippen LogP contribution in [-0.2, 0) is 0 Å². The van der Waals surface area contributed by atoms with E-state index in [0.717, 1.165) is 30.1 Å². The molecule has 0 N–H and O–H groups in total. The van der Waals surface area contributed by atoms with E-state index in [0.29, 0.717) is 5.92 Å². The summed E-state index contributed by atoms with van der Waals surface area (Å²) in [4.78, 5) is 15.0. The van der Waals surface area contributed by atoms with Gasteiger partial charge in [0.1, 0.15) is 0 Å². The lowest BCUT2D eigenvalue weighted by molar-refractivity contribution is 0.0791. The fraction of sp³-hybridized carbons (Fsp3) is 0.500. The Balaban J connectivity index is 1.45. The Morgan fingerprint density at radius 3 is 3.00 bits per heavy atom. The molecule has 1 amide bonds. The zero-order chi connectivity index (χ0) is 13.5. The highest BCUT2D eigenvalue weighted by molar-refractivity contribution is 7.12. The molecular weight excluding hydrogens is 272 g/mol. The van der Waals surface area contributed by atoms with Crippen molar-refractivity contribution in [2.75, 3.05) is 13.1 Å². The standard InChI is InChI=1S/C14H16N4OS/c19-14(13-2-1-7-20-13)17-6-5-11(8-17)18-9-12(15-16-18)10-3-4-10/h1-2,7,9-11H,3-6,8H2. The molecule has 5 nitrogen and oxygen atoms in total. The van der Waals surface area contributed by atoms with Crippen molar-refractivity contribution in [2.24, 2.45) is 0 Å². The van der Waals surface area contributed by atoms with Crippen molar-refractivity contribution < 1.29 is 4.79 Å². The highest BCUT2D eigenvalue weighted by Gasteiger charge is 2.31. The van der Waals surface area contributed by atoms with Crippen LogP contribution in [0.15, 0.2) is 23.7 Å². The number of nitrogens with zero attached hydrogens (tertiary/aromatic N) is 4. The minimum Gasteiger partial charge on any atom is -0.336 e. The summed E-state index contributed by atoms with van der Waals surface area (Å²) in [6.07, 6.45) is 5.52. The zero-order valence-electron chi connectivity index (χ0n) is 11.1. The molecule has 20 heavy (non-hydrogen) atoms. The van der Waals surface area contributed by atoms with Crippen LogP contribution in [0, 0.1) is 0 Å². The second-order valence-electron chi connectivity index (χ2n) is 5.57. The van der Waals surface area contributed by atoms with E-state index >= 15 is 0 Å². The Hall–Kier alpha value is -1.69. The van der Waals surface area contributed by atoms with Crippen LogP contribution in [0.25, 0.3) is 0 Å².